The van der Waals surface area contributed by atoms with Crippen molar-refractivity contribution in [2.45, 2.75) is 88.3 Å². The van der Waals surface area contributed by atoms with E-state index in [2.05, 4.69) is 70.3 Å². The largest absolute Gasteiger partial charge is 0.387 e. The van der Waals surface area contributed by atoms with Gasteiger partial charge in [0.15, 0.2) is 5.54 Å². The SMILES string of the molecule is CCCCCCCCCC=CC=C[C@@H](SC[C@H](NC=O)NC(C)=O)[C@@H](O)c1cccc(-c2nnn(C(c3ccccc3)(c3ccccc3)c3ccccc3)n2)c1. The van der Waals surface area contributed by atoms with Gasteiger partial charge in [0, 0.05) is 18.2 Å². The summed E-state index contributed by atoms with van der Waals surface area (Å²) in [5.41, 5.74) is 3.41. The lowest BCUT2D eigenvalue weighted by molar-refractivity contribution is -0.120. The van der Waals surface area contributed by atoms with Crippen LogP contribution in [0.5, 0.6) is 0 Å². The molecule has 5 aromatic rings. The molecule has 56 heavy (non-hydrogen) atoms. The number of rotatable bonds is 23. The van der Waals surface area contributed by atoms with Crippen LogP contribution in [0.15, 0.2) is 140 Å². The van der Waals surface area contributed by atoms with Crippen LogP contribution in [0, 0.1) is 0 Å². The molecule has 2 amide bonds. The Morgan fingerprint density at radius 3 is 2.02 bits per heavy atom. The monoisotopic (exact) mass is 770 g/mol. The van der Waals surface area contributed by atoms with Crippen molar-refractivity contribution in [2.75, 3.05) is 5.75 Å². The summed E-state index contributed by atoms with van der Waals surface area (Å²) in [4.78, 5) is 24.8. The van der Waals surface area contributed by atoms with E-state index in [0.717, 1.165) is 29.5 Å². The number of amides is 2. The van der Waals surface area contributed by atoms with Crippen molar-refractivity contribution in [1.29, 1.82) is 0 Å². The molecule has 0 saturated carbocycles. The third-order valence-corrected chi connectivity index (χ3v) is 11.0. The summed E-state index contributed by atoms with van der Waals surface area (Å²) in [6.45, 7) is 3.65. The Labute approximate surface area is 335 Å². The smallest absolute Gasteiger partial charge is 0.218 e. The minimum absolute atomic E-state index is 0.255. The summed E-state index contributed by atoms with van der Waals surface area (Å²) in [5, 5.41) is 31.2. The summed E-state index contributed by atoms with van der Waals surface area (Å²) in [6, 6.07) is 38.1. The minimum Gasteiger partial charge on any atom is -0.387 e. The van der Waals surface area contributed by atoms with Gasteiger partial charge in [-0.15, -0.1) is 26.8 Å². The highest BCUT2D eigenvalue weighted by atomic mass is 32.2. The Balaban J connectivity index is 1.41. The average molecular weight is 771 g/mol. The van der Waals surface area contributed by atoms with Gasteiger partial charge >= 0.3 is 0 Å². The van der Waals surface area contributed by atoms with E-state index >= 15 is 0 Å². The molecule has 0 bridgehead atoms. The first-order chi connectivity index (χ1) is 27.5. The molecule has 3 atom stereocenters. The van der Waals surface area contributed by atoms with Gasteiger partial charge in [0.2, 0.25) is 18.1 Å². The molecular weight excluding hydrogens is 717 g/mol. The Morgan fingerprint density at radius 2 is 1.43 bits per heavy atom. The molecule has 0 saturated heterocycles. The highest BCUT2D eigenvalue weighted by molar-refractivity contribution is 8.00. The molecule has 0 radical (unpaired) electrons. The zero-order chi connectivity index (χ0) is 39.4. The van der Waals surface area contributed by atoms with Crippen LogP contribution in [0.25, 0.3) is 11.4 Å². The molecule has 1 heterocycles. The molecule has 1 aromatic heterocycles. The van der Waals surface area contributed by atoms with Gasteiger partial charge in [0.1, 0.15) is 6.17 Å². The van der Waals surface area contributed by atoms with Gasteiger partial charge < -0.3 is 15.7 Å². The van der Waals surface area contributed by atoms with E-state index in [0.29, 0.717) is 29.1 Å². The second kappa shape index (κ2) is 22.3. The molecular formula is C46H54N6O3S. The number of allylic oxidation sites excluding steroid dienone is 3. The fourth-order valence-corrected chi connectivity index (χ4v) is 8.03. The number of nitrogens with zero attached hydrogens (tertiary/aromatic N) is 4. The van der Waals surface area contributed by atoms with Crippen LogP contribution in [-0.2, 0) is 15.1 Å². The predicted octanol–water partition coefficient (Wildman–Crippen LogP) is 8.78. The van der Waals surface area contributed by atoms with E-state index in [1.165, 1.54) is 57.2 Å². The van der Waals surface area contributed by atoms with E-state index in [4.69, 9.17) is 5.10 Å². The number of tetrazole rings is 1. The first-order valence-corrected chi connectivity index (χ1v) is 20.7. The maximum absolute atomic E-state index is 11.9. The number of benzene rings is 4. The van der Waals surface area contributed by atoms with E-state index in [-0.39, 0.29) is 5.91 Å². The maximum atomic E-state index is 11.9. The fraction of sp³-hybridized carbons (Fsp3) is 0.326. The quantitative estimate of drug-likeness (QED) is 0.0200. The molecule has 10 heteroatoms. The van der Waals surface area contributed by atoms with Crippen molar-refractivity contribution in [3.05, 3.63) is 162 Å². The lowest BCUT2D eigenvalue weighted by Gasteiger charge is -2.34. The van der Waals surface area contributed by atoms with E-state index in [1.807, 2.05) is 97.1 Å². The zero-order valence-electron chi connectivity index (χ0n) is 32.4. The topological polar surface area (TPSA) is 122 Å². The molecule has 0 unspecified atom stereocenters. The van der Waals surface area contributed by atoms with Gasteiger partial charge in [-0.1, -0.05) is 179 Å². The lowest BCUT2D eigenvalue weighted by Crippen LogP contribution is -2.46. The van der Waals surface area contributed by atoms with Crippen LogP contribution in [0.1, 0.15) is 93.6 Å². The number of nitrogens with one attached hydrogen (secondary N) is 2. The predicted molar refractivity (Wildman–Crippen MR) is 227 cm³/mol. The number of aliphatic hydroxyl groups is 1. The number of unbranched alkanes of at least 4 members (excludes halogenated alkanes) is 7. The zero-order valence-corrected chi connectivity index (χ0v) is 33.2. The van der Waals surface area contributed by atoms with Crippen molar-refractivity contribution in [3.8, 4) is 11.4 Å². The summed E-state index contributed by atoms with van der Waals surface area (Å²) in [6.07, 6.45) is 17.1. The number of aromatic nitrogens is 4. The van der Waals surface area contributed by atoms with Gasteiger partial charge in [-0.3, -0.25) is 9.59 Å². The maximum Gasteiger partial charge on any atom is 0.218 e. The fourth-order valence-electron chi connectivity index (χ4n) is 6.89. The molecule has 0 aliphatic carbocycles. The lowest BCUT2D eigenvalue weighted by atomic mass is 9.77. The highest BCUT2D eigenvalue weighted by Crippen LogP contribution is 2.40. The molecule has 0 aliphatic heterocycles. The average Bonchev–Trinajstić information content (AvgIpc) is 3.73. The molecule has 4 aromatic carbocycles. The number of carbonyl (C=O) groups is 2. The van der Waals surface area contributed by atoms with E-state index in [1.54, 1.807) is 4.80 Å². The van der Waals surface area contributed by atoms with Gasteiger partial charge in [0.25, 0.3) is 0 Å². The van der Waals surface area contributed by atoms with Crippen LogP contribution in [0.3, 0.4) is 0 Å². The summed E-state index contributed by atoms with van der Waals surface area (Å²) < 4.78 is 0. The second-order valence-corrected chi connectivity index (χ2v) is 15.1. The summed E-state index contributed by atoms with van der Waals surface area (Å²) >= 11 is 1.44. The van der Waals surface area contributed by atoms with Crippen molar-refractivity contribution in [3.63, 3.8) is 0 Å². The Kier molecular flexibility index (Phi) is 16.6. The molecule has 0 aliphatic rings. The summed E-state index contributed by atoms with van der Waals surface area (Å²) in [7, 11) is 0. The van der Waals surface area contributed by atoms with Gasteiger partial charge in [0.05, 0.1) is 11.4 Å². The standard InChI is InChI=1S/C46H54N6O3S/c1-3-4-5-6-7-8-9-10-11-12-22-32-42(56-34-43(47-35-53)48-36(2)54)44(55)37-24-23-25-38(33-37)45-49-51-52(50-45)46(39-26-16-13-17-27-39,40-28-18-14-19-29-40)41-30-20-15-21-31-41/h11-33,35,42-44,55H,3-10,34H2,1-2H3,(H,47,53)(H,48,54)/t42-,43-,44+/m1/s1. The minimum atomic E-state index is -0.922. The molecule has 5 rings (SSSR count). The van der Waals surface area contributed by atoms with Crippen molar-refractivity contribution < 1.29 is 14.7 Å². The van der Waals surface area contributed by atoms with Gasteiger partial charge in [-0.05, 0) is 46.4 Å². The molecule has 0 spiro atoms. The van der Waals surface area contributed by atoms with E-state index in [9.17, 15) is 14.7 Å². The van der Waals surface area contributed by atoms with Crippen LogP contribution in [0.4, 0.5) is 0 Å². The third kappa shape index (κ3) is 11.4. The van der Waals surface area contributed by atoms with Crippen LogP contribution >= 0.6 is 11.8 Å². The number of carbonyl (C=O) groups excluding carboxylic acids is 2. The van der Waals surface area contributed by atoms with E-state index < -0.39 is 23.1 Å². The van der Waals surface area contributed by atoms with Crippen molar-refractivity contribution >= 4 is 24.1 Å². The van der Waals surface area contributed by atoms with Crippen molar-refractivity contribution in [1.82, 2.24) is 30.8 Å². The molecule has 9 nitrogen and oxygen atoms in total. The normalized spacial score (nSPS) is 13.4. The van der Waals surface area contributed by atoms with Gasteiger partial charge in [-0.25, -0.2) is 0 Å². The molecule has 0 fully saturated rings. The number of thioether (sulfide) groups is 1. The first-order valence-electron chi connectivity index (χ1n) is 19.6. The second-order valence-electron chi connectivity index (χ2n) is 13.8. The first kappa shape index (κ1) is 41.8. The van der Waals surface area contributed by atoms with Crippen LogP contribution in [0.2, 0.25) is 0 Å². The number of hydrogen-bond donors (Lipinski definition) is 3. The summed E-state index contributed by atoms with van der Waals surface area (Å²) in [5.74, 6) is 0.512. The third-order valence-electron chi connectivity index (χ3n) is 9.71. The molecule has 292 valence electrons. The van der Waals surface area contributed by atoms with Gasteiger partial charge in [-0.2, -0.15) is 0 Å². The highest BCUT2D eigenvalue weighted by Gasteiger charge is 2.41. The van der Waals surface area contributed by atoms with Crippen LogP contribution < -0.4 is 10.6 Å². The Morgan fingerprint density at radius 1 is 0.821 bits per heavy atom. The Bertz CT molecular complexity index is 1870. The molecule has 3 N–H and O–H groups in total. The number of hydrogen-bond acceptors (Lipinski definition) is 7. The van der Waals surface area contributed by atoms with Crippen LogP contribution in [-0.4, -0.2) is 54.8 Å². The van der Waals surface area contributed by atoms with Crippen molar-refractivity contribution in [2.24, 2.45) is 0 Å². The Hall–Kier alpha value is -5.32. The number of aliphatic hydroxyl groups excluding tert-OH is 1.